The number of amides is 2. The van der Waals surface area contributed by atoms with Gasteiger partial charge in [0.05, 0.1) is 13.2 Å². The van der Waals surface area contributed by atoms with Gasteiger partial charge in [-0.15, -0.1) is 0 Å². The van der Waals surface area contributed by atoms with Crippen molar-refractivity contribution in [3.8, 4) is 0 Å². The highest BCUT2D eigenvalue weighted by Gasteiger charge is 2.31. The van der Waals surface area contributed by atoms with Gasteiger partial charge >= 0.3 is 0 Å². The minimum Gasteiger partial charge on any atom is -0.394 e. The van der Waals surface area contributed by atoms with Gasteiger partial charge in [0.1, 0.15) is 24.4 Å². The summed E-state index contributed by atoms with van der Waals surface area (Å²) in [4.78, 5) is 22.0. The average Bonchev–Trinajstić information content (AvgIpc) is 2.34. The van der Waals surface area contributed by atoms with Crippen LogP contribution in [0.25, 0.3) is 0 Å². The van der Waals surface area contributed by atoms with Crippen molar-refractivity contribution in [1.82, 2.24) is 10.4 Å². The Balaban J connectivity index is 4.58. The van der Waals surface area contributed by atoms with Crippen molar-refractivity contribution < 1.29 is 35.1 Å². The van der Waals surface area contributed by atoms with Crippen LogP contribution < -0.4 is 5.43 Å². The number of aliphatic hydroxyl groups excluding tert-OH is 5. The van der Waals surface area contributed by atoms with Crippen molar-refractivity contribution in [2.75, 3.05) is 13.2 Å². The van der Waals surface area contributed by atoms with Gasteiger partial charge < -0.3 is 25.5 Å². The summed E-state index contributed by atoms with van der Waals surface area (Å²) in [5.74, 6) is -1.13. The van der Waals surface area contributed by atoms with E-state index in [0.717, 1.165) is 18.9 Å². The molecular formula is C10H20N2O7. The number of hydrogen-bond acceptors (Lipinski definition) is 7. The van der Waals surface area contributed by atoms with Crippen molar-refractivity contribution in [3.05, 3.63) is 0 Å². The Morgan fingerprint density at radius 1 is 1.05 bits per heavy atom. The molecule has 2 amide bonds. The Bertz CT molecular complexity index is 312. The van der Waals surface area contributed by atoms with Gasteiger partial charge in [0.2, 0.25) is 11.8 Å². The number of carbonyl (C=O) groups is 2. The first-order valence-corrected chi connectivity index (χ1v) is 5.59. The molecule has 6 N–H and O–H groups in total. The molecule has 0 saturated heterocycles. The van der Waals surface area contributed by atoms with Crippen LogP contribution in [0.5, 0.6) is 0 Å². The molecule has 0 aromatic heterocycles. The molecule has 9 heteroatoms. The van der Waals surface area contributed by atoms with Crippen LogP contribution in [0.15, 0.2) is 0 Å². The maximum absolute atomic E-state index is 11.2. The molecule has 0 saturated carbocycles. The lowest BCUT2D eigenvalue weighted by Crippen LogP contribution is -2.54. The van der Waals surface area contributed by atoms with E-state index < -0.39 is 49.4 Å². The van der Waals surface area contributed by atoms with E-state index in [9.17, 15) is 24.9 Å². The summed E-state index contributed by atoms with van der Waals surface area (Å²) in [5, 5.41) is 47.0. The molecule has 19 heavy (non-hydrogen) atoms. The average molecular weight is 280 g/mol. The Kier molecular flexibility index (Phi) is 7.49. The van der Waals surface area contributed by atoms with E-state index in [1.807, 2.05) is 0 Å². The molecule has 0 aliphatic heterocycles. The first-order chi connectivity index (χ1) is 8.70. The largest absolute Gasteiger partial charge is 0.394 e. The number of hydrogen-bond donors (Lipinski definition) is 6. The number of nitrogens with zero attached hydrogens (tertiary/aromatic N) is 1. The predicted molar refractivity (Wildman–Crippen MR) is 62.3 cm³/mol. The van der Waals surface area contributed by atoms with Crippen molar-refractivity contribution >= 4 is 11.8 Å². The summed E-state index contributed by atoms with van der Waals surface area (Å²) in [6, 6.07) is 0. The number of aliphatic hydroxyl groups is 5. The van der Waals surface area contributed by atoms with E-state index in [1.165, 1.54) is 0 Å². The summed E-state index contributed by atoms with van der Waals surface area (Å²) in [6.45, 7) is 1.01. The molecule has 4 atom stereocenters. The standard InChI is InChI=1S/C10H20N2O7/c1-5(14)11-12(6(2)15)3-7(16)9(18)10(19)8(17)4-13/h7-10,13,16-19H,3-4H2,1-2H3,(H,11,14)/t7-,8+,9+,10+/m0/s1. The summed E-state index contributed by atoms with van der Waals surface area (Å²) in [7, 11) is 0. The van der Waals surface area contributed by atoms with E-state index in [4.69, 9.17) is 10.2 Å². The second-order valence-corrected chi connectivity index (χ2v) is 4.10. The third-order valence-electron chi connectivity index (χ3n) is 2.37. The lowest BCUT2D eigenvalue weighted by molar-refractivity contribution is -0.147. The van der Waals surface area contributed by atoms with Crippen LogP contribution in [0.3, 0.4) is 0 Å². The zero-order chi connectivity index (χ0) is 15.2. The Labute approximate surface area is 110 Å². The van der Waals surface area contributed by atoms with Crippen molar-refractivity contribution in [1.29, 1.82) is 0 Å². The fourth-order valence-corrected chi connectivity index (χ4v) is 1.30. The second-order valence-electron chi connectivity index (χ2n) is 4.10. The van der Waals surface area contributed by atoms with Crippen LogP contribution >= 0.6 is 0 Å². The maximum Gasteiger partial charge on any atom is 0.237 e. The molecule has 0 unspecified atom stereocenters. The fraction of sp³-hybridized carbons (Fsp3) is 0.800. The second kappa shape index (κ2) is 8.02. The lowest BCUT2D eigenvalue weighted by atomic mass is 10.0. The highest BCUT2D eigenvalue weighted by Crippen LogP contribution is 2.06. The summed E-state index contributed by atoms with van der Waals surface area (Å²) in [6.07, 6.45) is -6.83. The molecule has 0 aromatic carbocycles. The third kappa shape index (κ3) is 5.94. The van der Waals surface area contributed by atoms with Gasteiger partial charge in [-0.1, -0.05) is 0 Å². The zero-order valence-electron chi connectivity index (χ0n) is 10.7. The molecule has 0 rings (SSSR count). The van der Waals surface area contributed by atoms with Crippen LogP contribution in [-0.2, 0) is 9.59 Å². The smallest absolute Gasteiger partial charge is 0.237 e. The van der Waals surface area contributed by atoms with E-state index >= 15 is 0 Å². The van der Waals surface area contributed by atoms with Crippen LogP contribution in [0, 0.1) is 0 Å². The topological polar surface area (TPSA) is 151 Å². The SMILES string of the molecule is CC(=O)NN(C[C@H](O)[C@@H](O)[C@H](O)[C@H](O)CO)C(C)=O. The maximum atomic E-state index is 11.2. The van der Waals surface area contributed by atoms with Gasteiger partial charge in [-0.2, -0.15) is 0 Å². The van der Waals surface area contributed by atoms with Gasteiger partial charge in [0.15, 0.2) is 0 Å². The minimum atomic E-state index is -1.79. The van der Waals surface area contributed by atoms with Crippen molar-refractivity contribution in [2.45, 2.75) is 38.3 Å². The van der Waals surface area contributed by atoms with Gasteiger partial charge in [0, 0.05) is 13.8 Å². The Morgan fingerprint density at radius 2 is 1.53 bits per heavy atom. The molecule has 0 spiro atoms. The lowest BCUT2D eigenvalue weighted by Gasteiger charge is -2.29. The number of carbonyl (C=O) groups excluding carboxylic acids is 2. The van der Waals surface area contributed by atoms with E-state index in [0.29, 0.717) is 0 Å². The quantitative estimate of drug-likeness (QED) is 0.274. The third-order valence-corrected chi connectivity index (χ3v) is 2.37. The molecule has 0 heterocycles. The molecule has 0 fully saturated rings. The Hall–Kier alpha value is -1.26. The van der Waals surface area contributed by atoms with Crippen LogP contribution in [0.1, 0.15) is 13.8 Å². The predicted octanol–water partition coefficient (Wildman–Crippen LogP) is -3.68. The van der Waals surface area contributed by atoms with Gasteiger partial charge in [-0.25, -0.2) is 0 Å². The highest BCUT2D eigenvalue weighted by atomic mass is 16.4. The number of hydrazine groups is 1. The molecule has 0 aromatic rings. The Morgan fingerprint density at radius 3 is 1.89 bits per heavy atom. The summed E-state index contributed by atoms with van der Waals surface area (Å²) < 4.78 is 0. The zero-order valence-corrected chi connectivity index (χ0v) is 10.7. The highest BCUT2D eigenvalue weighted by molar-refractivity contribution is 5.79. The molecule has 0 aliphatic carbocycles. The fourth-order valence-electron chi connectivity index (χ4n) is 1.30. The number of nitrogens with one attached hydrogen (secondary N) is 1. The van der Waals surface area contributed by atoms with E-state index in [2.05, 4.69) is 5.43 Å². The summed E-state index contributed by atoms with van der Waals surface area (Å²) >= 11 is 0. The molecule has 112 valence electrons. The van der Waals surface area contributed by atoms with E-state index in [1.54, 1.807) is 0 Å². The molecule has 0 radical (unpaired) electrons. The van der Waals surface area contributed by atoms with Crippen LogP contribution in [-0.4, -0.2) is 79.9 Å². The molecular weight excluding hydrogens is 260 g/mol. The molecule has 0 aliphatic rings. The normalized spacial score (nSPS) is 17.2. The van der Waals surface area contributed by atoms with Gasteiger partial charge in [0.25, 0.3) is 0 Å². The van der Waals surface area contributed by atoms with E-state index in [-0.39, 0.29) is 0 Å². The first-order valence-electron chi connectivity index (χ1n) is 5.59. The molecule has 9 nitrogen and oxygen atoms in total. The van der Waals surface area contributed by atoms with Gasteiger partial charge in [-0.3, -0.25) is 20.0 Å². The number of rotatable bonds is 6. The van der Waals surface area contributed by atoms with Crippen LogP contribution in [0.4, 0.5) is 0 Å². The monoisotopic (exact) mass is 280 g/mol. The molecule has 0 bridgehead atoms. The summed E-state index contributed by atoms with van der Waals surface area (Å²) in [5.41, 5.74) is 2.13. The van der Waals surface area contributed by atoms with Gasteiger partial charge in [-0.05, 0) is 0 Å². The van der Waals surface area contributed by atoms with Crippen molar-refractivity contribution in [3.63, 3.8) is 0 Å². The van der Waals surface area contributed by atoms with Crippen LogP contribution in [0.2, 0.25) is 0 Å². The van der Waals surface area contributed by atoms with Crippen molar-refractivity contribution in [2.24, 2.45) is 0 Å². The minimum absolute atomic E-state index is 0.481. The first kappa shape index (κ1) is 17.7.